The largest absolute Gasteiger partial charge is 0.373 e. The van der Waals surface area contributed by atoms with Gasteiger partial charge in [-0.05, 0) is 33.3 Å². The summed E-state index contributed by atoms with van der Waals surface area (Å²) in [5.41, 5.74) is 4.31. The minimum Gasteiger partial charge on any atom is -0.373 e. The molecule has 0 radical (unpaired) electrons. The van der Waals surface area contributed by atoms with Gasteiger partial charge in [-0.15, -0.1) is 11.3 Å². The molecule has 3 aromatic rings. The average Bonchev–Trinajstić information content (AvgIpc) is 3.25. The standard InChI is InChI=1S/C23H29N5O2S/c1-15-10-27(11-16(2)30-15)13-20-14-31-23(24-20)25-22(29)21-17(3)26-28(18(21)4)12-19-8-6-5-7-9-19/h5-9,14-16H,10-13H2,1-4H3,(H,24,25,29). The van der Waals surface area contributed by atoms with Crippen molar-refractivity contribution in [2.75, 3.05) is 18.4 Å². The van der Waals surface area contributed by atoms with E-state index in [-0.39, 0.29) is 18.1 Å². The van der Waals surface area contributed by atoms with Gasteiger partial charge in [0.05, 0.1) is 35.7 Å². The number of hydrogen-bond donors (Lipinski definition) is 1. The van der Waals surface area contributed by atoms with Gasteiger partial charge in [0.2, 0.25) is 0 Å². The summed E-state index contributed by atoms with van der Waals surface area (Å²) in [6.45, 7) is 11.2. The van der Waals surface area contributed by atoms with Crippen LogP contribution in [0.1, 0.15) is 46.9 Å². The Kier molecular flexibility index (Phi) is 6.50. The minimum atomic E-state index is -0.163. The molecule has 3 heterocycles. The molecule has 0 saturated carbocycles. The lowest BCUT2D eigenvalue weighted by Gasteiger charge is -2.34. The van der Waals surface area contributed by atoms with Crippen molar-refractivity contribution >= 4 is 22.4 Å². The van der Waals surface area contributed by atoms with Gasteiger partial charge in [-0.25, -0.2) is 4.98 Å². The van der Waals surface area contributed by atoms with Gasteiger partial charge in [0.1, 0.15) is 0 Å². The van der Waals surface area contributed by atoms with Crippen LogP contribution in [-0.2, 0) is 17.8 Å². The van der Waals surface area contributed by atoms with Crippen LogP contribution in [0, 0.1) is 13.8 Å². The number of thiazole rings is 1. The van der Waals surface area contributed by atoms with E-state index in [1.807, 2.05) is 42.1 Å². The second-order valence-corrected chi connectivity index (χ2v) is 9.10. The number of anilines is 1. The van der Waals surface area contributed by atoms with E-state index in [1.54, 1.807) is 0 Å². The first-order valence-electron chi connectivity index (χ1n) is 10.6. The molecule has 0 spiro atoms. The highest BCUT2D eigenvalue weighted by atomic mass is 32.1. The third-order valence-corrected chi connectivity index (χ3v) is 6.24. The molecular formula is C23H29N5O2S. The van der Waals surface area contributed by atoms with E-state index in [0.717, 1.165) is 42.3 Å². The number of nitrogens with one attached hydrogen (secondary N) is 1. The Hall–Kier alpha value is -2.55. The molecule has 1 aliphatic rings. The number of rotatable bonds is 6. The molecule has 2 atom stereocenters. The maximum Gasteiger partial charge on any atom is 0.261 e. The molecule has 8 heteroatoms. The topological polar surface area (TPSA) is 72.3 Å². The number of benzene rings is 1. The predicted octanol–water partition coefficient (Wildman–Crippen LogP) is 3.87. The molecule has 2 unspecified atom stereocenters. The number of morpholine rings is 1. The molecule has 1 saturated heterocycles. The maximum atomic E-state index is 13.0. The van der Waals surface area contributed by atoms with Crippen LogP contribution in [0.15, 0.2) is 35.7 Å². The molecule has 1 fully saturated rings. The zero-order chi connectivity index (χ0) is 22.0. The molecule has 4 rings (SSSR count). The summed E-state index contributed by atoms with van der Waals surface area (Å²) in [4.78, 5) is 20.0. The summed E-state index contributed by atoms with van der Waals surface area (Å²) in [6, 6.07) is 10.1. The van der Waals surface area contributed by atoms with Crippen LogP contribution in [0.2, 0.25) is 0 Å². The zero-order valence-electron chi connectivity index (χ0n) is 18.5. The second kappa shape index (κ2) is 9.30. The molecule has 0 aliphatic carbocycles. The van der Waals surface area contributed by atoms with Crippen LogP contribution < -0.4 is 5.32 Å². The Labute approximate surface area is 187 Å². The maximum absolute atomic E-state index is 13.0. The van der Waals surface area contributed by atoms with Crippen LogP contribution in [0.4, 0.5) is 5.13 Å². The minimum absolute atomic E-state index is 0.163. The van der Waals surface area contributed by atoms with Crippen LogP contribution in [-0.4, -0.2) is 50.9 Å². The number of ether oxygens (including phenoxy) is 1. The third-order valence-electron chi connectivity index (χ3n) is 5.44. The molecule has 31 heavy (non-hydrogen) atoms. The Bertz CT molecular complexity index is 1040. The summed E-state index contributed by atoms with van der Waals surface area (Å²) in [5.74, 6) is -0.163. The van der Waals surface area contributed by atoms with Gasteiger partial charge in [-0.2, -0.15) is 5.10 Å². The first kappa shape index (κ1) is 21.7. The summed E-state index contributed by atoms with van der Waals surface area (Å²) in [7, 11) is 0. The third kappa shape index (κ3) is 5.20. The van der Waals surface area contributed by atoms with Gasteiger partial charge in [0.25, 0.3) is 5.91 Å². The number of carbonyl (C=O) groups excluding carboxylic acids is 1. The Morgan fingerprint density at radius 2 is 1.87 bits per heavy atom. The van der Waals surface area contributed by atoms with E-state index in [4.69, 9.17) is 4.74 Å². The van der Waals surface area contributed by atoms with Crippen LogP contribution in [0.3, 0.4) is 0 Å². The van der Waals surface area contributed by atoms with E-state index >= 15 is 0 Å². The molecule has 164 valence electrons. The van der Waals surface area contributed by atoms with E-state index < -0.39 is 0 Å². The summed E-state index contributed by atoms with van der Waals surface area (Å²) >= 11 is 1.46. The summed E-state index contributed by atoms with van der Waals surface area (Å²) < 4.78 is 7.68. The number of carbonyl (C=O) groups is 1. The zero-order valence-corrected chi connectivity index (χ0v) is 19.3. The lowest BCUT2D eigenvalue weighted by Crippen LogP contribution is -2.44. The Morgan fingerprint density at radius 3 is 2.58 bits per heavy atom. The average molecular weight is 440 g/mol. The normalized spacial score (nSPS) is 19.5. The number of amides is 1. The quantitative estimate of drug-likeness (QED) is 0.631. The van der Waals surface area contributed by atoms with Gasteiger partial charge < -0.3 is 4.74 Å². The van der Waals surface area contributed by atoms with Gasteiger partial charge >= 0.3 is 0 Å². The highest BCUT2D eigenvalue weighted by molar-refractivity contribution is 7.14. The molecule has 1 N–H and O–H groups in total. The van der Waals surface area contributed by atoms with Crippen molar-refractivity contribution in [2.24, 2.45) is 0 Å². The van der Waals surface area contributed by atoms with Crippen LogP contribution >= 0.6 is 11.3 Å². The van der Waals surface area contributed by atoms with Gasteiger partial charge in [0, 0.05) is 30.7 Å². The molecule has 1 amide bonds. The van der Waals surface area contributed by atoms with E-state index in [2.05, 4.69) is 46.3 Å². The highest BCUT2D eigenvalue weighted by Crippen LogP contribution is 2.22. The van der Waals surface area contributed by atoms with Gasteiger partial charge in [0.15, 0.2) is 5.13 Å². The Morgan fingerprint density at radius 1 is 1.16 bits per heavy atom. The van der Waals surface area contributed by atoms with E-state index in [0.29, 0.717) is 17.2 Å². The first-order valence-corrected chi connectivity index (χ1v) is 11.5. The molecule has 2 aromatic heterocycles. The van der Waals surface area contributed by atoms with Crippen molar-refractivity contribution in [1.29, 1.82) is 0 Å². The lowest BCUT2D eigenvalue weighted by molar-refractivity contribution is -0.0707. The highest BCUT2D eigenvalue weighted by Gasteiger charge is 2.23. The van der Waals surface area contributed by atoms with Crippen molar-refractivity contribution in [1.82, 2.24) is 19.7 Å². The van der Waals surface area contributed by atoms with Crippen molar-refractivity contribution in [3.63, 3.8) is 0 Å². The van der Waals surface area contributed by atoms with Crippen LogP contribution in [0.5, 0.6) is 0 Å². The number of hydrogen-bond acceptors (Lipinski definition) is 6. The fourth-order valence-corrected chi connectivity index (χ4v) is 4.87. The summed E-state index contributed by atoms with van der Waals surface area (Å²) in [5, 5.41) is 10.2. The van der Waals surface area contributed by atoms with Gasteiger partial charge in [-0.1, -0.05) is 30.3 Å². The smallest absolute Gasteiger partial charge is 0.261 e. The molecular weight excluding hydrogens is 410 g/mol. The lowest BCUT2D eigenvalue weighted by atomic mass is 10.2. The first-order chi connectivity index (χ1) is 14.9. The molecule has 1 aromatic carbocycles. The van der Waals surface area contributed by atoms with Crippen LogP contribution in [0.25, 0.3) is 0 Å². The van der Waals surface area contributed by atoms with Gasteiger partial charge in [-0.3, -0.25) is 19.7 Å². The summed E-state index contributed by atoms with van der Waals surface area (Å²) in [6.07, 6.45) is 0.444. The second-order valence-electron chi connectivity index (χ2n) is 8.24. The molecule has 0 bridgehead atoms. The van der Waals surface area contributed by atoms with E-state index in [9.17, 15) is 4.79 Å². The molecule has 7 nitrogen and oxygen atoms in total. The van der Waals surface area contributed by atoms with Crippen molar-refractivity contribution < 1.29 is 9.53 Å². The van der Waals surface area contributed by atoms with Crippen molar-refractivity contribution in [3.05, 3.63) is 63.9 Å². The number of nitrogens with zero attached hydrogens (tertiary/aromatic N) is 4. The fourth-order valence-electron chi connectivity index (χ4n) is 4.18. The molecule has 1 aliphatic heterocycles. The number of aryl methyl sites for hydroxylation is 1. The SMILES string of the molecule is Cc1nn(Cc2ccccc2)c(C)c1C(=O)Nc1nc(CN2CC(C)OC(C)C2)cs1. The van der Waals surface area contributed by atoms with Crippen molar-refractivity contribution in [2.45, 2.75) is 53.0 Å². The Balaban J connectivity index is 1.42. The van der Waals surface area contributed by atoms with Crippen molar-refractivity contribution in [3.8, 4) is 0 Å². The van der Waals surface area contributed by atoms with E-state index in [1.165, 1.54) is 11.3 Å². The predicted molar refractivity (Wildman–Crippen MR) is 123 cm³/mol. The monoisotopic (exact) mass is 439 g/mol. The number of aromatic nitrogens is 3. The fraction of sp³-hybridized carbons (Fsp3) is 0.435.